The summed E-state index contributed by atoms with van der Waals surface area (Å²) in [5, 5.41) is 6.82. The van der Waals surface area contributed by atoms with E-state index in [2.05, 4.69) is 25.6 Å². The number of hydrogen-bond acceptors (Lipinski definition) is 5. The zero-order valence-electron chi connectivity index (χ0n) is 12.9. The van der Waals surface area contributed by atoms with E-state index in [-0.39, 0.29) is 11.6 Å². The Labute approximate surface area is 154 Å². The smallest absolute Gasteiger partial charge is 0.271 e. The molecular weight excluding hydrogens is 361 g/mol. The molecule has 1 aromatic carbocycles. The Morgan fingerprint density at radius 3 is 2.36 bits per heavy atom. The second-order valence-corrected chi connectivity index (χ2v) is 5.98. The zero-order valence-corrected chi connectivity index (χ0v) is 14.4. The number of anilines is 2. The lowest BCUT2D eigenvalue weighted by Crippen LogP contribution is -2.24. The Balaban J connectivity index is 1.62. The molecule has 0 saturated heterocycles. The molecule has 0 aliphatic heterocycles. The first kappa shape index (κ1) is 17.1. The zero-order chi connectivity index (χ0) is 17.6. The highest BCUT2D eigenvalue weighted by molar-refractivity contribution is 6.35. The minimum atomic E-state index is -0.304. The first-order valence-corrected chi connectivity index (χ1v) is 8.08. The number of carbonyl (C=O) groups excluding carboxylic acids is 1. The van der Waals surface area contributed by atoms with E-state index in [0.717, 1.165) is 5.56 Å². The summed E-state index contributed by atoms with van der Waals surface area (Å²) in [6.45, 7) is 0.393. The molecule has 3 aromatic rings. The largest absolute Gasteiger partial charge is 0.347 e. The molecule has 0 aliphatic rings. The lowest BCUT2D eigenvalue weighted by molar-refractivity contribution is 0.0945. The van der Waals surface area contributed by atoms with Crippen LogP contribution in [0, 0.1) is 0 Å². The molecule has 0 fully saturated rings. The summed E-state index contributed by atoms with van der Waals surface area (Å²) in [5.74, 6) is 0.172. The van der Waals surface area contributed by atoms with Crippen molar-refractivity contribution in [1.82, 2.24) is 20.3 Å². The molecular formula is C17H13Cl2N5O. The van der Waals surface area contributed by atoms with E-state index in [4.69, 9.17) is 23.2 Å². The predicted octanol–water partition coefficient (Wildman–Crippen LogP) is 3.85. The van der Waals surface area contributed by atoms with Gasteiger partial charge in [-0.05, 0) is 35.9 Å². The fourth-order valence-corrected chi connectivity index (χ4v) is 2.58. The average molecular weight is 374 g/mol. The molecule has 8 heteroatoms. The molecule has 6 nitrogen and oxygen atoms in total. The third-order valence-electron chi connectivity index (χ3n) is 3.22. The van der Waals surface area contributed by atoms with E-state index in [1.807, 2.05) is 12.1 Å². The van der Waals surface area contributed by atoms with Gasteiger partial charge in [0, 0.05) is 34.7 Å². The summed E-state index contributed by atoms with van der Waals surface area (Å²) in [7, 11) is 0. The van der Waals surface area contributed by atoms with Crippen LogP contribution in [0.2, 0.25) is 10.0 Å². The molecule has 0 aliphatic carbocycles. The molecule has 0 saturated carbocycles. The first-order chi connectivity index (χ1) is 12.1. The number of halogens is 2. The highest BCUT2D eigenvalue weighted by Gasteiger charge is 2.08. The molecule has 25 heavy (non-hydrogen) atoms. The molecule has 2 aromatic heterocycles. The number of pyridine rings is 1. The molecule has 0 bridgehead atoms. The van der Waals surface area contributed by atoms with Crippen LogP contribution in [0.25, 0.3) is 0 Å². The van der Waals surface area contributed by atoms with Gasteiger partial charge in [-0.2, -0.15) is 0 Å². The van der Waals surface area contributed by atoms with E-state index < -0.39 is 0 Å². The molecule has 2 heterocycles. The third kappa shape index (κ3) is 4.89. The van der Waals surface area contributed by atoms with Crippen molar-refractivity contribution in [2.45, 2.75) is 6.54 Å². The third-order valence-corrected chi connectivity index (χ3v) is 3.66. The summed E-state index contributed by atoms with van der Waals surface area (Å²) in [6, 6.07) is 8.72. The summed E-state index contributed by atoms with van der Waals surface area (Å²) in [4.78, 5) is 24.3. The quantitative estimate of drug-likeness (QED) is 0.709. The van der Waals surface area contributed by atoms with Crippen LogP contribution in [-0.2, 0) is 6.54 Å². The van der Waals surface area contributed by atoms with Crippen molar-refractivity contribution in [2.75, 3.05) is 5.32 Å². The highest BCUT2D eigenvalue weighted by Crippen LogP contribution is 2.24. The molecule has 2 N–H and O–H groups in total. The van der Waals surface area contributed by atoms with E-state index in [1.54, 1.807) is 30.6 Å². The number of hydrogen-bond donors (Lipinski definition) is 2. The van der Waals surface area contributed by atoms with Crippen LogP contribution >= 0.6 is 23.2 Å². The summed E-state index contributed by atoms with van der Waals surface area (Å²) in [6.07, 6.45) is 6.21. The van der Waals surface area contributed by atoms with Gasteiger partial charge in [-0.15, -0.1) is 0 Å². The number of carbonyl (C=O) groups is 1. The van der Waals surface area contributed by atoms with Crippen molar-refractivity contribution < 1.29 is 4.79 Å². The fraction of sp³-hybridized carbons (Fsp3) is 0.0588. The second kappa shape index (κ2) is 7.92. The number of rotatable bonds is 5. The van der Waals surface area contributed by atoms with Crippen LogP contribution in [0.4, 0.5) is 11.5 Å². The Hall–Kier alpha value is -2.70. The minimum Gasteiger partial charge on any atom is -0.347 e. The molecule has 0 radical (unpaired) electrons. The minimum absolute atomic E-state index is 0.226. The van der Waals surface area contributed by atoms with Crippen molar-refractivity contribution in [3.63, 3.8) is 0 Å². The van der Waals surface area contributed by atoms with E-state index >= 15 is 0 Å². The van der Waals surface area contributed by atoms with Crippen LogP contribution in [0.5, 0.6) is 0 Å². The van der Waals surface area contributed by atoms with Gasteiger partial charge in [0.15, 0.2) is 0 Å². The van der Waals surface area contributed by atoms with Crippen LogP contribution in [0.1, 0.15) is 16.1 Å². The van der Waals surface area contributed by atoms with Crippen molar-refractivity contribution in [3.8, 4) is 0 Å². The summed E-state index contributed by atoms with van der Waals surface area (Å²) >= 11 is 11.9. The summed E-state index contributed by atoms with van der Waals surface area (Å²) in [5.41, 5.74) is 1.86. The second-order valence-electron chi connectivity index (χ2n) is 5.11. The molecule has 0 spiro atoms. The Morgan fingerprint density at radius 1 is 1.00 bits per heavy atom. The molecule has 126 valence electrons. The lowest BCUT2D eigenvalue weighted by atomic mass is 10.2. The van der Waals surface area contributed by atoms with Gasteiger partial charge in [0.05, 0.1) is 12.4 Å². The Morgan fingerprint density at radius 2 is 1.72 bits per heavy atom. The Kier molecular flexibility index (Phi) is 5.42. The van der Waals surface area contributed by atoms with Gasteiger partial charge in [-0.3, -0.25) is 9.78 Å². The maximum Gasteiger partial charge on any atom is 0.271 e. The number of aromatic nitrogens is 3. The van der Waals surface area contributed by atoms with Crippen LogP contribution in [0.3, 0.4) is 0 Å². The van der Waals surface area contributed by atoms with Gasteiger partial charge in [-0.25, -0.2) is 9.97 Å². The predicted molar refractivity (Wildman–Crippen MR) is 97.2 cm³/mol. The lowest BCUT2D eigenvalue weighted by Gasteiger charge is -2.08. The van der Waals surface area contributed by atoms with Gasteiger partial charge < -0.3 is 10.6 Å². The standard InChI is InChI=1S/C17H13Cl2N5O/c18-12-5-13(19)7-14(6-12)24-16-10-21-15(9-22-16)17(25)23-8-11-1-3-20-4-2-11/h1-7,9-10H,8H2,(H,22,24)(H,23,25). The SMILES string of the molecule is O=C(NCc1ccncc1)c1cnc(Nc2cc(Cl)cc(Cl)c2)cn1. The maximum atomic E-state index is 12.1. The molecule has 0 atom stereocenters. The van der Waals surface area contributed by atoms with Crippen LogP contribution < -0.4 is 10.6 Å². The number of nitrogens with one attached hydrogen (secondary N) is 2. The van der Waals surface area contributed by atoms with Gasteiger partial charge in [0.25, 0.3) is 5.91 Å². The van der Waals surface area contributed by atoms with Crippen molar-refractivity contribution in [2.24, 2.45) is 0 Å². The van der Waals surface area contributed by atoms with Gasteiger partial charge in [0.2, 0.25) is 0 Å². The van der Waals surface area contributed by atoms with Crippen molar-refractivity contribution in [3.05, 3.63) is 76.4 Å². The number of nitrogens with zero attached hydrogens (tertiary/aromatic N) is 3. The number of benzene rings is 1. The average Bonchev–Trinajstić information content (AvgIpc) is 2.60. The van der Waals surface area contributed by atoms with E-state index in [1.165, 1.54) is 12.4 Å². The highest BCUT2D eigenvalue weighted by atomic mass is 35.5. The molecule has 0 unspecified atom stereocenters. The molecule has 3 rings (SSSR count). The fourth-order valence-electron chi connectivity index (χ4n) is 2.06. The van der Waals surface area contributed by atoms with Gasteiger partial charge in [0.1, 0.15) is 11.5 Å². The normalized spacial score (nSPS) is 10.3. The van der Waals surface area contributed by atoms with Crippen LogP contribution in [0.15, 0.2) is 55.1 Å². The van der Waals surface area contributed by atoms with E-state index in [9.17, 15) is 4.79 Å². The van der Waals surface area contributed by atoms with Crippen molar-refractivity contribution >= 4 is 40.6 Å². The van der Waals surface area contributed by atoms with Crippen molar-refractivity contribution in [1.29, 1.82) is 0 Å². The monoisotopic (exact) mass is 373 g/mol. The van der Waals surface area contributed by atoms with Crippen LogP contribution in [-0.4, -0.2) is 20.9 Å². The molecule has 1 amide bonds. The maximum absolute atomic E-state index is 12.1. The van der Waals surface area contributed by atoms with E-state index in [0.29, 0.717) is 28.1 Å². The van der Waals surface area contributed by atoms with Gasteiger partial charge >= 0.3 is 0 Å². The van der Waals surface area contributed by atoms with Gasteiger partial charge in [-0.1, -0.05) is 23.2 Å². The Bertz CT molecular complexity index is 852. The topological polar surface area (TPSA) is 79.8 Å². The number of amides is 1. The summed E-state index contributed by atoms with van der Waals surface area (Å²) < 4.78 is 0. The first-order valence-electron chi connectivity index (χ1n) is 7.32.